The summed E-state index contributed by atoms with van der Waals surface area (Å²) in [4.78, 5) is 0. The maximum atomic E-state index is 13.4. The van der Waals surface area contributed by atoms with Crippen LogP contribution < -0.4 is 5.32 Å². The van der Waals surface area contributed by atoms with Crippen LogP contribution in [0.4, 0.5) is 4.39 Å². The van der Waals surface area contributed by atoms with Crippen LogP contribution in [0.5, 0.6) is 0 Å². The van der Waals surface area contributed by atoms with Crippen molar-refractivity contribution in [2.75, 3.05) is 6.54 Å². The van der Waals surface area contributed by atoms with Gasteiger partial charge in [0.05, 0.1) is 0 Å². The van der Waals surface area contributed by atoms with Crippen molar-refractivity contribution in [2.24, 2.45) is 11.8 Å². The van der Waals surface area contributed by atoms with E-state index in [1.165, 1.54) is 38.2 Å². The normalized spacial score (nSPS) is 24.0. The van der Waals surface area contributed by atoms with Crippen LogP contribution in [0, 0.1) is 17.7 Å². The summed E-state index contributed by atoms with van der Waals surface area (Å²) in [7, 11) is 0. The first-order valence-electron chi connectivity index (χ1n) is 8.70. The van der Waals surface area contributed by atoms with Gasteiger partial charge in [-0.15, -0.1) is 0 Å². The lowest BCUT2D eigenvalue weighted by Crippen LogP contribution is -2.40. The third-order valence-electron chi connectivity index (χ3n) is 4.97. The van der Waals surface area contributed by atoms with Crippen molar-refractivity contribution in [3.05, 3.63) is 35.6 Å². The molecule has 1 nitrogen and oxygen atoms in total. The van der Waals surface area contributed by atoms with E-state index >= 15 is 0 Å². The quantitative estimate of drug-likeness (QED) is 0.749. The molecule has 0 aromatic heterocycles. The van der Waals surface area contributed by atoms with E-state index in [4.69, 9.17) is 0 Å². The highest BCUT2D eigenvalue weighted by Crippen LogP contribution is 2.33. The number of hydrogen-bond acceptors (Lipinski definition) is 1. The molecule has 1 saturated carbocycles. The highest BCUT2D eigenvalue weighted by atomic mass is 19.1. The van der Waals surface area contributed by atoms with Crippen molar-refractivity contribution in [2.45, 2.75) is 64.8 Å². The van der Waals surface area contributed by atoms with Gasteiger partial charge in [-0.2, -0.15) is 0 Å². The maximum Gasteiger partial charge on any atom is 0.123 e. The Labute approximate surface area is 129 Å². The Hall–Kier alpha value is -0.890. The fourth-order valence-corrected chi connectivity index (χ4v) is 3.72. The molecule has 3 atom stereocenters. The number of benzene rings is 1. The Morgan fingerprint density at radius 2 is 2.14 bits per heavy atom. The van der Waals surface area contributed by atoms with Crippen molar-refractivity contribution in [3.8, 4) is 0 Å². The van der Waals surface area contributed by atoms with Crippen molar-refractivity contribution < 1.29 is 4.39 Å². The summed E-state index contributed by atoms with van der Waals surface area (Å²) in [5.74, 6) is 1.53. The van der Waals surface area contributed by atoms with Crippen LogP contribution in [0.2, 0.25) is 0 Å². The molecule has 0 amide bonds. The van der Waals surface area contributed by atoms with E-state index in [-0.39, 0.29) is 5.82 Å². The molecule has 0 heterocycles. The summed E-state index contributed by atoms with van der Waals surface area (Å²) < 4.78 is 13.4. The van der Waals surface area contributed by atoms with Crippen LogP contribution >= 0.6 is 0 Å². The largest absolute Gasteiger partial charge is 0.313 e. The third-order valence-corrected chi connectivity index (χ3v) is 4.97. The van der Waals surface area contributed by atoms with Gasteiger partial charge in [0.1, 0.15) is 5.82 Å². The summed E-state index contributed by atoms with van der Waals surface area (Å²) in [5.41, 5.74) is 1.13. The molecule has 1 N–H and O–H groups in total. The fraction of sp³-hybridized carbons (Fsp3) is 0.684. The van der Waals surface area contributed by atoms with Crippen LogP contribution in [0.25, 0.3) is 0 Å². The number of halogens is 1. The van der Waals surface area contributed by atoms with Gasteiger partial charge in [0.2, 0.25) is 0 Å². The van der Waals surface area contributed by atoms with E-state index in [2.05, 4.69) is 25.2 Å². The zero-order valence-electron chi connectivity index (χ0n) is 13.6. The summed E-state index contributed by atoms with van der Waals surface area (Å²) in [6, 6.07) is 7.62. The topological polar surface area (TPSA) is 12.0 Å². The standard InChI is InChI=1S/C19H30FN/c1-3-11-21-19(14-16-8-6-10-18(20)13-16)17-9-5-7-15(4-2)12-17/h6,8,10,13,15,17,19,21H,3-5,7,9,11-12,14H2,1-2H3. The molecular formula is C19H30FN. The summed E-state index contributed by atoms with van der Waals surface area (Å²) >= 11 is 0. The van der Waals surface area contributed by atoms with Crippen molar-refractivity contribution in [3.63, 3.8) is 0 Å². The minimum absolute atomic E-state index is 0.114. The molecule has 1 aliphatic rings. The predicted octanol–water partition coefficient (Wildman–Crippen LogP) is 4.95. The molecule has 1 fully saturated rings. The monoisotopic (exact) mass is 291 g/mol. The van der Waals surface area contributed by atoms with Crippen molar-refractivity contribution >= 4 is 0 Å². The smallest absolute Gasteiger partial charge is 0.123 e. The van der Waals surface area contributed by atoms with E-state index in [9.17, 15) is 4.39 Å². The zero-order valence-corrected chi connectivity index (χ0v) is 13.6. The van der Waals surface area contributed by atoms with Crippen LogP contribution in [-0.4, -0.2) is 12.6 Å². The SMILES string of the molecule is CCCNC(Cc1cccc(F)c1)C1CCCC(CC)C1. The van der Waals surface area contributed by atoms with E-state index in [0.29, 0.717) is 6.04 Å². The van der Waals surface area contributed by atoms with Crippen molar-refractivity contribution in [1.82, 2.24) is 5.32 Å². The second-order valence-electron chi connectivity index (χ2n) is 6.60. The van der Waals surface area contributed by atoms with Gasteiger partial charge in [-0.3, -0.25) is 0 Å². The van der Waals surface area contributed by atoms with Crippen LogP contribution in [0.3, 0.4) is 0 Å². The predicted molar refractivity (Wildman–Crippen MR) is 87.9 cm³/mol. The van der Waals surface area contributed by atoms with E-state index in [1.807, 2.05) is 6.07 Å². The highest BCUT2D eigenvalue weighted by molar-refractivity contribution is 5.17. The van der Waals surface area contributed by atoms with Crippen molar-refractivity contribution in [1.29, 1.82) is 0 Å². The Bertz CT molecular complexity index is 418. The van der Waals surface area contributed by atoms with Crippen LogP contribution in [-0.2, 0) is 6.42 Å². The highest BCUT2D eigenvalue weighted by Gasteiger charge is 2.27. The van der Waals surface area contributed by atoms with Gasteiger partial charge in [-0.1, -0.05) is 45.2 Å². The molecule has 21 heavy (non-hydrogen) atoms. The Balaban J connectivity index is 2.02. The Kier molecular flexibility index (Phi) is 6.69. The number of nitrogens with one attached hydrogen (secondary N) is 1. The van der Waals surface area contributed by atoms with Gasteiger partial charge < -0.3 is 5.32 Å². The average molecular weight is 291 g/mol. The van der Waals surface area contributed by atoms with E-state index in [1.54, 1.807) is 6.07 Å². The van der Waals surface area contributed by atoms with Gasteiger partial charge in [0.25, 0.3) is 0 Å². The van der Waals surface area contributed by atoms with Crippen LogP contribution in [0.1, 0.15) is 57.9 Å². The number of rotatable bonds is 7. The maximum absolute atomic E-state index is 13.4. The second-order valence-corrected chi connectivity index (χ2v) is 6.60. The van der Waals surface area contributed by atoms with Gasteiger partial charge in [-0.05, 0) is 61.8 Å². The van der Waals surface area contributed by atoms with Gasteiger partial charge in [-0.25, -0.2) is 4.39 Å². The van der Waals surface area contributed by atoms with Gasteiger partial charge in [0, 0.05) is 6.04 Å². The molecular weight excluding hydrogens is 261 g/mol. The average Bonchev–Trinajstić information content (AvgIpc) is 2.51. The molecule has 1 aromatic carbocycles. The molecule has 118 valence electrons. The Morgan fingerprint density at radius 1 is 1.29 bits per heavy atom. The molecule has 2 rings (SSSR count). The number of hydrogen-bond donors (Lipinski definition) is 1. The lowest BCUT2D eigenvalue weighted by Gasteiger charge is -2.35. The summed E-state index contributed by atoms with van der Waals surface area (Å²) in [6.07, 6.45) is 8.84. The van der Waals surface area contributed by atoms with Gasteiger partial charge >= 0.3 is 0 Å². The minimum Gasteiger partial charge on any atom is -0.313 e. The van der Waals surface area contributed by atoms with Crippen LogP contribution in [0.15, 0.2) is 24.3 Å². The first kappa shape index (κ1) is 16.5. The molecule has 1 aliphatic carbocycles. The molecule has 0 aliphatic heterocycles. The molecule has 2 heteroatoms. The molecule has 0 bridgehead atoms. The first-order chi connectivity index (χ1) is 10.2. The minimum atomic E-state index is -0.114. The lowest BCUT2D eigenvalue weighted by molar-refractivity contribution is 0.207. The molecule has 3 unspecified atom stereocenters. The first-order valence-corrected chi connectivity index (χ1v) is 8.70. The second kappa shape index (κ2) is 8.53. The molecule has 1 aromatic rings. The van der Waals surface area contributed by atoms with Gasteiger partial charge in [0.15, 0.2) is 0 Å². The summed E-state index contributed by atoms with van der Waals surface area (Å²) in [6.45, 7) is 5.59. The molecule has 0 saturated heterocycles. The Morgan fingerprint density at radius 3 is 2.86 bits per heavy atom. The van der Waals surface area contributed by atoms with E-state index < -0.39 is 0 Å². The lowest BCUT2D eigenvalue weighted by atomic mass is 9.75. The molecule has 0 spiro atoms. The fourth-order valence-electron chi connectivity index (χ4n) is 3.72. The molecule has 0 radical (unpaired) electrons. The summed E-state index contributed by atoms with van der Waals surface area (Å²) in [5, 5.41) is 3.73. The zero-order chi connectivity index (χ0) is 15.1. The third kappa shape index (κ3) is 5.10. The van der Waals surface area contributed by atoms with E-state index in [0.717, 1.165) is 36.8 Å².